The largest absolute Gasteiger partial charge is 0.503 e. The maximum Gasteiger partial charge on any atom is 0.296 e. The van der Waals surface area contributed by atoms with Crippen molar-refractivity contribution in [2.24, 2.45) is 0 Å². The van der Waals surface area contributed by atoms with E-state index in [-0.39, 0.29) is 5.57 Å². The highest BCUT2D eigenvalue weighted by Gasteiger charge is 2.45. The third-order valence-corrected chi connectivity index (χ3v) is 9.12. The molecule has 0 radical (unpaired) electrons. The molecule has 7 nitrogen and oxygen atoms in total. The number of ketones is 1. The predicted molar refractivity (Wildman–Crippen MR) is 172 cm³/mol. The number of hydrogen-bond acceptors (Lipinski definition) is 8. The van der Waals surface area contributed by atoms with Gasteiger partial charge >= 0.3 is 0 Å². The molecule has 0 aliphatic carbocycles. The van der Waals surface area contributed by atoms with Crippen LogP contribution in [0, 0.1) is 6.92 Å². The zero-order valence-electron chi connectivity index (χ0n) is 24.1. The number of allylic oxidation sites excluding steroid dienone is 1. The Morgan fingerprint density at radius 3 is 2.49 bits per heavy atom. The molecule has 0 fully saturated rings. The fourth-order valence-corrected chi connectivity index (χ4v) is 6.49. The number of ether oxygens (including phenoxy) is 1. The highest BCUT2D eigenvalue weighted by molar-refractivity contribution is 8.00. The van der Waals surface area contributed by atoms with Crippen molar-refractivity contribution in [3.63, 3.8) is 0 Å². The van der Waals surface area contributed by atoms with Crippen molar-refractivity contribution in [3.8, 4) is 5.75 Å². The maximum absolute atomic E-state index is 13.5. The van der Waals surface area contributed by atoms with Gasteiger partial charge in [0.2, 0.25) is 5.13 Å². The number of unbranched alkanes of at least 4 members (excludes halogenated alkanes) is 2. The Hall–Kier alpha value is -4.21. The molecule has 220 valence electrons. The van der Waals surface area contributed by atoms with Crippen molar-refractivity contribution in [1.82, 2.24) is 10.2 Å². The van der Waals surface area contributed by atoms with Crippen LogP contribution in [0.5, 0.6) is 5.75 Å². The minimum atomic E-state index is -0.877. The molecule has 0 spiro atoms. The van der Waals surface area contributed by atoms with Crippen LogP contribution in [0.4, 0.5) is 5.13 Å². The molecule has 3 aromatic carbocycles. The lowest BCUT2D eigenvalue weighted by atomic mass is 9.95. The summed E-state index contributed by atoms with van der Waals surface area (Å²) in [6.07, 6.45) is 6.23. The molecule has 1 aromatic heterocycles. The van der Waals surface area contributed by atoms with Gasteiger partial charge in [0.25, 0.3) is 5.91 Å². The normalized spacial score (nSPS) is 15.1. The number of aromatic nitrogens is 2. The van der Waals surface area contributed by atoms with Crippen LogP contribution in [0.3, 0.4) is 0 Å². The van der Waals surface area contributed by atoms with E-state index in [4.69, 9.17) is 4.74 Å². The Kier molecular flexibility index (Phi) is 10.1. The van der Waals surface area contributed by atoms with Gasteiger partial charge in [-0.25, -0.2) is 0 Å². The Morgan fingerprint density at radius 1 is 1.02 bits per heavy atom. The topological polar surface area (TPSA) is 92.6 Å². The molecule has 43 heavy (non-hydrogen) atoms. The van der Waals surface area contributed by atoms with Crippen molar-refractivity contribution in [2.45, 2.75) is 49.2 Å². The van der Waals surface area contributed by atoms with Gasteiger partial charge < -0.3 is 9.84 Å². The highest BCUT2D eigenvalue weighted by Crippen LogP contribution is 2.43. The molecule has 9 heteroatoms. The number of benzene rings is 3. The molecule has 0 saturated heterocycles. The summed E-state index contributed by atoms with van der Waals surface area (Å²) in [7, 11) is 0. The van der Waals surface area contributed by atoms with Crippen molar-refractivity contribution in [2.75, 3.05) is 11.5 Å². The zero-order chi connectivity index (χ0) is 30.2. The smallest absolute Gasteiger partial charge is 0.296 e. The first kappa shape index (κ1) is 30.3. The third kappa shape index (κ3) is 7.42. The fraction of sp³-hybridized carbons (Fsp3) is 0.235. The fourth-order valence-electron chi connectivity index (χ4n) is 4.67. The monoisotopic (exact) mass is 611 g/mol. The zero-order valence-corrected chi connectivity index (χ0v) is 25.7. The van der Waals surface area contributed by atoms with Gasteiger partial charge in [-0.1, -0.05) is 121 Å². The molecule has 1 N–H and O–H groups in total. The van der Waals surface area contributed by atoms with E-state index in [9.17, 15) is 14.7 Å². The average molecular weight is 612 g/mol. The van der Waals surface area contributed by atoms with Crippen molar-refractivity contribution >= 4 is 46.0 Å². The second-order valence-electron chi connectivity index (χ2n) is 10.2. The summed E-state index contributed by atoms with van der Waals surface area (Å²) in [6, 6.07) is 24.1. The Morgan fingerprint density at radius 2 is 1.77 bits per heavy atom. The van der Waals surface area contributed by atoms with Crippen LogP contribution in [0.25, 0.3) is 6.08 Å². The molecule has 5 rings (SSSR count). The summed E-state index contributed by atoms with van der Waals surface area (Å²) in [6.45, 7) is 4.80. The number of nitrogens with zero attached hydrogens (tertiary/aromatic N) is 3. The van der Waals surface area contributed by atoms with Crippen LogP contribution in [0.2, 0.25) is 0 Å². The lowest BCUT2D eigenvalue weighted by Crippen LogP contribution is -2.30. The lowest BCUT2D eigenvalue weighted by molar-refractivity contribution is -0.117. The summed E-state index contributed by atoms with van der Waals surface area (Å²) >= 11 is 2.77. The Labute approximate surface area is 259 Å². The molecular weight excluding hydrogens is 579 g/mol. The summed E-state index contributed by atoms with van der Waals surface area (Å²) in [5.74, 6) is -0.333. The number of carbonyl (C=O) groups excluding carboxylic acids is 2. The predicted octanol–water partition coefficient (Wildman–Crippen LogP) is 7.89. The van der Waals surface area contributed by atoms with Crippen molar-refractivity contribution in [1.29, 1.82) is 0 Å². The van der Waals surface area contributed by atoms with Crippen LogP contribution in [-0.4, -0.2) is 33.6 Å². The first-order chi connectivity index (χ1) is 20.9. The number of aliphatic hydroxyl groups excluding tert-OH is 1. The van der Waals surface area contributed by atoms with E-state index >= 15 is 0 Å². The molecule has 2 heterocycles. The van der Waals surface area contributed by atoms with E-state index < -0.39 is 23.5 Å². The second kappa shape index (κ2) is 14.3. The molecule has 1 unspecified atom stereocenters. The van der Waals surface area contributed by atoms with E-state index in [0.717, 1.165) is 30.4 Å². The van der Waals surface area contributed by atoms with E-state index in [1.54, 1.807) is 6.08 Å². The molecule has 1 amide bonds. The Balaban J connectivity index is 1.42. The number of amides is 1. The van der Waals surface area contributed by atoms with E-state index in [0.29, 0.717) is 33.1 Å². The maximum atomic E-state index is 13.5. The van der Waals surface area contributed by atoms with Crippen LogP contribution in [0.15, 0.2) is 101 Å². The van der Waals surface area contributed by atoms with E-state index in [2.05, 4.69) is 41.4 Å². The van der Waals surface area contributed by atoms with E-state index in [1.165, 1.54) is 39.6 Å². The van der Waals surface area contributed by atoms with Gasteiger partial charge in [-0.3, -0.25) is 14.5 Å². The first-order valence-electron chi connectivity index (χ1n) is 14.2. The van der Waals surface area contributed by atoms with Gasteiger partial charge in [0.1, 0.15) is 5.75 Å². The molecule has 1 aliphatic heterocycles. The summed E-state index contributed by atoms with van der Waals surface area (Å²) in [4.78, 5) is 28.4. The van der Waals surface area contributed by atoms with E-state index in [1.807, 2.05) is 61.5 Å². The SMILES string of the molecule is CCCCCOc1ccc(C2C(C(=O)C=Cc3ccccc3)=C(O)C(=O)N2c2nnc(SCc3ccc(C)cc3)s2)cc1. The van der Waals surface area contributed by atoms with Gasteiger partial charge in [0.15, 0.2) is 15.9 Å². The van der Waals surface area contributed by atoms with Crippen LogP contribution in [0.1, 0.15) is 54.5 Å². The lowest BCUT2D eigenvalue weighted by Gasteiger charge is -2.24. The van der Waals surface area contributed by atoms with Crippen molar-refractivity contribution in [3.05, 3.63) is 119 Å². The highest BCUT2D eigenvalue weighted by atomic mass is 32.2. The molecule has 0 bridgehead atoms. The molecule has 1 atom stereocenters. The Bertz CT molecular complexity index is 1610. The average Bonchev–Trinajstić information content (AvgIpc) is 3.60. The molecule has 0 saturated carbocycles. The number of hydrogen-bond donors (Lipinski definition) is 1. The quantitative estimate of drug-likeness (QED) is 0.0711. The van der Waals surface area contributed by atoms with Gasteiger partial charge in [0.05, 0.1) is 18.2 Å². The first-order valence-corrected chi connectivity index (χ1v) is 16.0. The van der Waals surface area contributed by atoms with Gasteiger partial charge in [-0.2, -0.15) is 0 Å². The molecule has 4 aromatic rings. The van der Waals surface area contributed by atoms with Gasteiger partial charge in [-0.15, -0.1) is 10.2 Å². The number of aryl methyl sites for hydroxylation is 1. The van der Waals surface area contributed by atoms with Gasteiger partial charge in [-0.05, 0) is 48.2 Å². The van der Waals surface area contributed by atoms with Gasteiger partial charge in [0, 0.05) is 5.75 Å². The molecular formula is C34H33N3O4S2. The summed E-state index contributed by atoms with van der Waals surface area (Å²) in [5.41, 5.74) is 3.82. The second-order valence-corrected chi connectivity index (χ2v) is 12.4. The van der Waals surface area contributed by atoms with Crippen LogP contribution >= 0.6 is 23.1 Å². The number of carbonyl (C=O) groups is 2. The van der Waals surface area contributed by atoms with Crippen molar-refractivity contribution < 1.29 is 19.4 Å². The molecule has 1 aliphatic rings. The number of aliphatic hydroxyl groups is 1. The minimum absolute atomic E-state index is 0.00199. The summed E-state index contributed by atoms with van der Waals surface area (Å²) in [5, 5.41) is 20.0. The number of anilines is 1. The number of thioether (sulfide) groups is 1. The summed E-state index contributed by atoms with van der Waals surface area (Å²) < 4.78 is 6.55. The third-order valence-electron chi connectivity index (χ3n) is 7.00. The minimum Gasteiger partial charge on any atom is -0.503 e. The standard InChI is InChI=1S/C34H33N3O4S2/c1-3-4-8-21-41-27-18-16-26(17-19-27)30-29(28(38)20-15-24-9-6-5-7-10-24)31(39)32(40)37(30)33-35-36-34(43-33)42-22-25-13-11-23(2)12-14-25/h5-7,9-20,30,39H,3-4,8,21-22H2,1-2H3. The number of rotatable bonds is 13. The van der Waals surface area contributed by atoms with Crippen LogP contribution < -0.4 is 9.64 Å². The van der Waals surface area contributed by atoms with Crippen LogP contribution in [-0.2, 0) is 15.3 Å².